The van der Waals surface area contributed by atoms with E-state index in [2.05, 4.69) is 10.3 Å². The van der Waals surface area contributed by atoms with E-state index in [-0.39, 0.29) is 30.4 Å². The molecule has 1 unspecified atom stereocenters. The van der Waals surface area contributed by atoms with Gasteiger partial charge in [0.25, 0.3) is 0 Å². The van der Waals surface area contributed by atoms with E-state index in [4.69, 9.17) is 14.2 Å². The number of hydrogen-bond acceptors (Lipinski definition) is 7. The summed E-state index contributed by atoms with van der Waals surface area (Å²) >= 11 is 0. The van der Waals surface area contributed by atoms with Crippen LogP contribution in [-0.2, 0) is 20.9 Å². The molecule has 0 fully saturated rings. The van der Waals surface area contributed by atoms with E-state index in [0.717, 1.165) is 5.56 Å². The number of nitrogens with zero attached hydrogens (tertiary/aromatic N) is 1. The van der Waals surface area contributed by atoms with Crippen LogP contribution in [0.3, 0.4) is 0 Å². The van der Waals surface area contributed by atoms with E-state index in [0.29, 0.717) is 12.3 Å². The monoisotopic (exact) mass is 400 g/mol. The van der Waals surface area contributed by atoms with Gasteiger partial charge >= 0.3 is 11.9 Å². The molecule has 0 aliphatic carbocycles. The van der Waals surface area contributed by atoms with Crippen LogP contribution in [0, 0.1) is 0 Å². The third-order valence-corrected chi connectivity index (χ3v) is 3.79. The lowest BCUT2D eigenvalue weighted by atomic mass is 10.1. The lowest BCUT2D eigenvalue weighted by molar-refractivity contribution is -0.147. The minimum absolute atomic E-state index is 0.109. The normalized spacial score (nSPS) is 12.1. The van der Waals surface area contributed by atoms with Crippen LogP contribution >= 0.6 is 0 Å². The summed E-state index contributed by atoms with van der Waals surface area (Å²) in [6.07, 6.45) is 1.00. The molecule has 0 saturated heterocycles. The molecule has 7 heteroatoms. The van der Waals surface area contributed by atoms with Crippen LogP contribution in [0.5, 0.6) is 5.75 Å². The molecule has 0 bridgehead atoms. The summed E-state index contributed by atoms with van der Waals surface area (Å²) in [6, 6.07) is 12.6. The molecule has 2 rings (SSSR count). The Balaban J connectivity index is 1.86. The molecule has 1 heterocycles. The van der Waals surface area contributed by atoms with E-state index in [1.165, 1.54) is 19.2 Å². The molecule has 0 saturated carbocycles. The van der Waals surface area contributed by atoms with Crippen molar-refractivity contribution in [2.45, 2.75) is 45.9 Å². The first-order valence-electron chi connectivity index (χ1n) is 9.45. The number of esters is 2. The zero-order chi connectivity index (χ0) is 21.3. The van der Waals surface area contributed by atoms with Gasteiger partial charge < -0.3 is 19.5 Å². The minimum Gasteiger partial charge on any atom is -0.488 e. The fourth-order valence-corrected chi connectivity index (χ4v) is 2.36. The Hall–Kier alpha value is -2.93. The van der Waals surface area contributed by atoms with Crippen molar-refractivity contribution < 1.29 is 23.8 Å². The van der Waals surface area contributed by atoms with Crippen molar-refractivity contribution in [1.82, 2.24) is 10.3 Å². The van der Waals surface area contributed by atoms with Crippen molar-refractivity contribution in [3.05, 3.63) is 59.9 Å². The van der Waals surface area contributed by atoms with Crippen molar-refractivity contribution in [2.24, 2.45) is 0 Å². The highest BCUT2D eigenvalue weighted by molar-refractivity contribution is 5.87. The molecule has 7 nitrogen and oxygen atoms in total. The Morgan fingerprint density at radius 3 is 2.41 bits per heavy atom. The molecular formula is C22H28N2O5. The number of nitrogens with one attached hydrogen (secondary N) is 1. The number of ether oxygens (including phenoxy) is 3. The molecule has 1 aromatic heterocycles. The zero-order valence-electron chi connectivity index (χ0n) is 17.3. The molecule has 1 N–H and O–H groups in total. The van der Waals surface area contributed by atoms with Gasteiger partial charge in [0.15, 0.2) is 0 Å². The largest absolute Gasteiger partial charge is 0.488 e. The molecule has 1 aromatic carbocycles. The van der Waals surface area contributed by atoms with E-state index in [1.54, 1.807) is 6.07 Å². The molecule has 156 valence electrons. The molecule has 29 heavy (non-hydrogen) atoms. The summed E-state index contributed by atoms with van der Waals surface area (Å²) in [7, 11) is 0. The van der Waals surface area contributed by atoms with Crippen LogP contribution in [0.1, 0.15) is 43.7 Å². The predicted octanol–water partition coefficient (Wildman–Crippen LogP) is 3.14. The van der Waals surface area contributed by atoms with Gasteiger partial charge in [0, 0.05) is 19.0 Å². The van der Waals surface area contributed by atoms with E-state index in [9.17, 15) is 9.59 Å². The van der Waals surface area contributed by atoms with Gasteiger partial charge in [-0.3, -0.25) is 4.79 Å². The van der Waals surface area contributed by atoms with Crippen molar-refractivity contribution in [3.8, 4) is 5.75 Å². The first-order chi connectivity index (χ1) is 13.7. The Morgan fingerprint density at radius 2 is 1.83 bits per heavy atom. The lowest BCUT2D eigenvalue weighted by Gasteiger charge is -2.25. The first kappa shape index (κ1) is 22.4. The van der Waals surface area contributed by atoms with Gasteiger partial charge in [0.2, 0.25) is 0 Å². The van der Waals surface area contributed by atoms with Crippen molar-refractivity contribution >= 4 is 11.9 Å². The highest BCUT2D eigenvalue weighted by atomic mass is 16.6. The molecular weight excluding hydrogens is 372 g/mol. The number of rotatable bonds is 9. The Kier molecular flexibility index (Phi) is 8.15. The van der Waals surface area contributed by atoms with Gasteiger partial charge in [-0.05, 0) is 38.5 Å². The number of carbonyl (C=O) groups excluding carboxylic acids is 2. The van der Waals surface area contributed by atoms with Gasteiger partial charge in [-0.25, -0.2) is 9.78 Å². The average molecular weight is 400 g/mol. The summed E-state index contributed by atoms with van der Waals surface area (Å²) in [5.74, 6) is -0.408. The molecule has 0 spiro atoms. The quantitative estimate of drug-likeness (QED) is 0.647. The molecule has 0 aliphatic heterocycles. The number of pyridine rings is 1. The van der Waals surface area contributed by atoms with E-state index < -0.39 is 12.1 Å². The van der Waals surface area contributed by atoms with Crippen LogP contribution < -0.4 is 10.1 Å². The number of hydrogen-bond donors (Lipinski definition) is 1. The van der Waals surface area contributed by atoms with Gasteiger partial charge in [0.1, 0.15) is 30.8 Å². The average Bonchev–Trinajstić information content (AvgIpc) is 2.68. The van der Waals surface area contributed by atoms with Crippen LogP contribution in [-0.4, -0.2) is 41.7 Å². The Bertz CT molecular complexity index is 785. The second kappa shape index (κ2) is 10.6. The van der Waals surface area contributed by atoms with Gasteiger partial charge in [-0.1, -0.05) is 30.3 Å². The maximum atomic E-state index is 12.1. The highest BCUT2D eigenvalue weighted by Crippen LogP contribution is 2.12. The summed E-state index contributed by atoms with van der Waals surface area (Å²) in [4.78, 5) is 27.5. The standard InChI is InChI=1S/C22H28N2O5/c1-16(25)29-19(13-24-22(2,3)4)15-27-18-10-11-20(23-12-18)21(26)28-14-17-8-6-5-7-9-17/h5-12,19,24H,13-15H2,1-4H3. The molecule has 0 amide bonds. The molecule has 2 aromatic rings. The second-order valence-corrected chi connectivity index (χ2v) is 7.61. The SMILES string of the molecule is CC(=O)OC(CNC(C)(C)C)COc1ccc(C(=O)OCc2ccccc2)nc1. The van der Waals surface area contributed by atoms with Crippen molar-refractivity contribution in [3.63, 3.8) is 0 Å². The first-order valence-corrected chi connectivity index (χ1v) is 9.45. The third kappa shape index (κ3) is 8.74. The van der Waals surface area contributed by atoms with Crippen LogP contribution in [0.4, 0.5) is 0 Å². The van der Waals surface area contributed by atoms with E-state index in [1.807, 2.05) is 51.1 Å². The minimum atomic E-state index is -0.507. The smallest absolute Gasteiger partial charge is 0.357 e. The van der Waals surface area contributed by atoms with Gasteiger partial charge in [-0.2, -0.15) is 0 Å². The van der Waals surface area contributed by atoms with Crippen LogP contribution in [0.15, 0.2) is 48.7 Å². The molecule has 1 atom stereocenters. The molecule has 0 radical (unpaired) electrons. The maximum Gasteiger partial charge on any atom is 0.357 e. The summed E-state index contributed by atoms with van der Waals surface area (Å²) < 4.78 is 16.2. The fraction of sp³-hybridized carbons (Fsp3) is 0.409. The third-order valence-electron chi connectivity index (χ3n) is 3.79. The van der Waals surface area contributed by atoms with Crippen LogP contribution in [0.25, 0.3) is 0 Å². The van der Waals surface area contributed by atoms with Crippen molar-refractivity contribution in [1.29, 1.82) is 0 Å². The zero-order valence-corrected chi connectivity index (χ0v) is 17.3. The predicted molar refractivity (Wildman–Crippen MR) is 109 cm³/mol. The fourth-order valence-electron chi connectivity index (χ4n) is 2.36. The highest BCUT2D eigenvalue weighted by Gasteiger charge is 2.18. The Morgan fingerprint density at radius 1 is 1.10 bits per heavy atom. The van der Waals surface area contributed by atoms with Crippen LogP contribution in [0.2, 0.25) is 0 Å². The summed E-state index contributed by atoms with van der Waals surface area (Å²) in [5.41, 5.74) is 0.988. The lowest BCUT2D eigenvalue weighted by Crippen LogP contribution is -2.44. The topological polar surface area (TPSA) is 86.8 Å². The summed E-state index contributed by atoms with van der Waals surface area (Å²) in [6.45, 7) is 8.25. The van der Waals surface area contributed by atoms with Gasteiger partial charge in [0.05, 0.1) is 6.20 Å². The number of carbonyl (C=O) groups is 2. The maximum absolute atomic E-state index is 12.1. The molecule has 0 aliphatic rings. The second-order valence-electron chi connectivity index (χ2n) is 7.61. The van der Waals surface area contributed by atoms with E-state index >= 15 is 0 Å². The Labute approximate surface area is 171 Å². The number of benzene rings is 1. The van der Waals surface area contributed by atoms with Crippen molar-refractivity contribution in [2.75, 3.05) is 13.2 Å². The van der Waals surface area contributed by atoms with Gasteiger partial charge in [-0.15, -0.1) is 0 Å². The summed E-state index contributed by atoms with van der Waals surface area (Å²) in [5, 5.41) is 3.28. The number of aromatic nitrogens is 1.